The Hall–Kier alpha value is -1.46. The molecule has 1 fully saturated rings. The van der Waals surface area contributed by atoms with Crippen LogP contribution in [0.25, 0.3) is 0 Å². The van der Waals surface area contributed by atoms with Gasteiger partial charge >= 0.3 is 0 Å². The molecule has 1 atom stereocenters. The Morgan fingerprint density at radius 3 is 2.65 bits per heavy atom. The van der Waals surface area contributed by atoms with Gasteiger partial charge in [-0.2, -0.15) is 0 Å². The maximum atomic E-state index is 12.4. The van der Waals surface area contributed by atoms with Crippen molar-refractivity contribution < 1.29 is 4.79 Å². The lowest BCUT2D eigenvalue weighted by molar-refractivity contribution is -0.127. The summed E-state index contributed by atoms with van der Waals surface area (Å²) in [5.41, 5.74) is 1.15. The van der Waals surface area contributed by atoms with Gasteiger partial charge in [-0.15, -0.1) is 0 Å². The van der Waals surface area contributed by atoms with E-state index in [1.807, 2.05) is 44.4 Å². The van der Waals surface area contributed by atoms with Crippen LogP contribution in [0, 0.1) is 0 Å². The second-order valence-corrected chi connectivity index (χ2v) is 5.73. The van der Waals surface area contributed by atoms with Crippen molar-refractivity contribution in [3.05, 3.63) is 35.9 Å². The first-order chi connectivity index (χ1) is 9.58. The van der Waals surface area contributed by atoms with Gasteiger partial charge in [0.05, 0.1) is 0 Å². The summed E-state index contributed by atoms with van der Waals surface area (Å²) in [6, 6.07) is 9.80. The third-order valence-corrected chi connectivity index (χ3v) is 3.71. The molecule has 0 saturated carbocycles. The Kier molecular flexibility index (Phi) is 5.09. The van der Waals surface area contributed by atoms with Crippen molar-refractivity contribution in [3.8, 4) is 0 Å². The fourth-order valence-corrected chi connectivity index (χ4v) is 2.65. The summed E-state index contributed by atoms with van der Waals surface area (Å²) in [6.07, 6.45) is 1.61. The van der Waals surface area contributed by atoms with Crippen LogP contribution in [-0.4, -0.2) is 54.0 Å². The van der Waals surface area contributed by atoms with Crippen molar-refractivity contribution in [2.75, 3.05) is 27.2 Å². The van der Waals surface area contributed by atoms with Crippen molar-refractivity contribution in [2.45, 2.75) is 18.9 Å². The molecular formula is C15H21N3OS. The van der Waals surface area contributed by atoms with E-state index in [1.165, 1.54) is 0 Å². The van der Waals surface area contributed by atoms with Crippen molar-refractivity contribution in [1.82, 2.24) is 15.1 Å². The van der Waals surface area contributed by atoms with Crippen LogP contribution in [-0.2, 0) is 11.2 Å². The van der Waals surface area contributed by atoms with Crippen LogP contribution in [0.15, 0.2) is 30.3 Å². The number of benzene rings is 1. The SMILES string of the molecule is CN(C)CCCN1C(=O)C(Cc2ccccc2)NC1=S. The van der Waals surface area contributed by atoms with E-state index in [0.29, 0.717) is 18.1 Å². The zero-order chi connectivity index (χ0) is 14.5. The van der Waals surface area contributed by atoms with Gasteiger partial charge in [-0.1, -0.05) is 30.3 Å². The Labute approximate surface area is 125 Å². The molecule has 1 aliphatic heterocycles. The van der Waals surface area contributed by atoms with Gasteiger partial charge in [0.1, 0.15) is 6.04 Å². The van der Waals surface area contributed by atoms with Crippen molar-refractivity contribution in [3.63, 3.8) is 0 Å². The number of carbonyl (C=O) groups excluding carboxylic acids is 1. The smallest absolute Gasteiger partial charge is 0.251 e. The lowest BCUT2D eigenvalue weighted by Gasteiger charge is -2.16. The highest BCUT2D eigenvalue weighted by Gasteiger charge is 2.34. The number of amides is 1. The Bertz CT molecular complexity index is 475. The first-order valence-corrected chi connectivity index (χ1v) is 7.29. The zero-order valence-electron chi connectivity index (χ0n) is 12.0. The molecule has 0 aromatic heterocycles. The maximum absolute atomic E-state index is 12.4. The molecule has 1 aromatic rings. The molecule has 0 aliphatic carbocycles. The highest BCUT2D eigenvalue weighted by Crippen LogP contribution is 2.12. The van der Waals surface area contributed by atoms with Crippen LogP contribution in [0.2, 0.25) is 0 Å². The van der Waals surface area contributed by atoms with Crippen LogP contribution in [0.3, 0.4) is 0 Å². The number of rotatable bonds is 6. The monoisotopic (exact) mass is 291 g/mol. The van der Waals surface area contributed by atoms with Crippen LogP contribution in [0.1, 0.15) is 12.0 Å². The molecule has 2 rings (SSSR count). The van der Waals surface area contributed by atoms with E-state index in [0.717, 1.165) is 18.5 Å². The third kappa shape index (κ3) is 3.77. The molecule has 1 aromatic carbocycles. The Morgan fingerprint density at radius 1 is 1.30 bits per heavy atom. The van der Waals surface area contributed by atoms with Crippen LogP contribution < -0.4 is 5.32 Å². The minimum absolute atomic E-state index is 0.0950. The predicted molar refractivity (Wildman–Crippen MR) is 84.6 cm³/mol. The highest BCUT2D eigenvalue weighted by molar-refractivity contribution is 7.80. The van der Waals surface area contributed by atoms with Crippen LogP contribution in [0.5, 0.6) is 0 Å². The Morgan fingerprint density at radius 2 is 2.00 bits per heavy atom. The molecule has 0 bridgehead atoms. The third-order valence-electron chi connectivity index (χ3n) is 3.38. The topological polar surface area (TPSA) is 35.6 Å². The number of nitrogens with one attached hydrogen (secondary N) is 1. The molecule has 4 nitrogen and oxygen atoms in total. The quantitative estimate of drug-likeness (QED) is 0.801. The summed E-state index contributed by atoms with van der Waals surface area (Å²) >= 11 is 5.27. The minimum atomic E-state index is -0.218. The molecule has 0 radical (unpaired) electrons. The second kappa shape index (κ2) is 6.81. The van der Waals surface area contributed by atoms with Crippen molar-refractivity contribution in [1.29, 1.82) is 0 Å². The number of thiocarbonyl (C=S) groups is 1. The molecule has 1 unspecified atom stereocenters. The summed E-state index contributed by atoms with van der Waals surface area (Å²) in [4.78, 5) is 16.2. The van der Waals surface area contributed by atoms with Crippen molar-refractivity contribution in [2.24, 2.45) is 0 Å². The average molecular weight is 291 g/mol. The zero-order valence-corrected chi connectivity index (χ0v) is 12.8. The standard InChI is InChI=1S/C15H21N3OS/c1-17(2)9-6-10-18-14(19)13(16-15(18)20)11-12-7-4-3-5-8-12/h3-5,7-8,13H,6,9-11H2,1-2H3,(H,16,20). The normalized spacial score (nSPS) is 18.8. The number of hydrogen-bond acceptors (Lipinski definition) is 3. The predicted octanol–water partition coefficient (Wildman–Crippen LogP) is 1.27. The second-order valence-electron chi connectivity index (χ2n) is 5.34. The fourth-order valence-electron chi connectivity index (χ4n) is 2.32. The molecule has 1 N–H and O–H groups in total. The fraction of sp³-hybridized carbons (Fsp3) is 0.467. The van der Waals surface area contributed by atoms with Gasteiger partial charge in [-0.3, -0.25) is 9.69 Å². The van der Waals surface area contributed by atoms with E-state index in [4.69, 9.17) is 12.2 Å². The summed E-state index contributed by atoms with van der Waals surface area (Å²) < 4.78 is 0. The van der Waals surface area contributed by atoms with E-state index in [2.05, 4.69) is 10.2 Å². The van der Waals surface area contributed by atoms with Gasteiger partial charge in [0.15, 0.2) is 5.11 Å². The first kappa shape index (κ1) is 14.9. The van der Waals surface area contributed by atoms with E-state index in [1.54, 1.807) is 4.90 Å². The van der Waals surface area contributed by atoms with E-state index >= 15 is 0 Å². The van der Waals surface area contributed by atoms with Crippen LogP contribution >= 0.6 is 12.2 Å². The Balaban J connectivity index is 1.91. The molecule has 1 aliphatic rings. The molecular weight excluding hydrogens is 270 g/mol. The molecule has 20 heavy (non-hydrogen) atoms. The van der Waals surface area contributed by atoms with E-state index in [-0.39, 0.29) is 11.9 Å². The molecule has 1 saturated heterocycles. The summed E-state index contributed by atoms with van der Waals surface area (Å²) in [5, 5.41) is 3.70. The van der Waals surface area contributed by atoms with Gasteiger partial charge in [-0.05, 0) is 44.8 Å². The van der Waals surface area contributed by atoms with Crippen LogP contribution in [0.4, 0.5) is 0 Å². The number of nitrogens with zero attached hydrogens (tertiary/aromatic N) is 2. The molecule has 5 heteroatoms. The van der Waals surface area contributed by atoms with Crippen molar-refractivity contribution >= 4 is 23.2 Å². The van der Waals surface area contributed by atoms with Gasteiger partial charge in [0.25, 0.3) is 5.91 Å². The number of carbonyl (C=O) groups is 1. The molecule has 1 heterocycles. The average Bonchev–Trinajstić information content (AvgIpc) is 2.67. The first-order valence-electron chi connectivity index (χ1n) is 6.88. The molecule has 1 amide bonds. The van der Waals surface area contributed by atoms with Gasteiger partial charge in [-0.25, -0.2) is 0 Å². The molecule has 0 spiro atoms. The summed E-state index contributed by atoms with van der Waals surface area (Å²) in [7, 11) is 4.06. The summed E-state index contributed by atoms with van der Waals surface area (Å²) in [5.74, 6) is 0.0950. The largest absolute Gasteiger partial charge is 0.350 e. The lowest BCUT2D eigenvalue weighted by atomic mass is 10.1. The van der Waals surface area contributed by atoms with E-state index in [9.17, 15) is 4.79 Å². The number of hydrogen-bond donors (Lipinski definition) is 1. The van der Waals surface area contributed by atoms with Gasteiger partial charge in [0, 0.05) is 13.0 Å². The molecule has 108 valence electrons. The van der Waals surface area contributed by atoms with Gasteiger partial charge < -0.3 is 10.2 Å². The van der Waals surface area contributed by atoms with E-state index < -0.39 is 0 Å². The minimum Gasteiger partial charge on any atom is -0.350 e. The maximum Gasteiger partial charge on any atom is 0.251 e. The highest BCUT2D eigenvalue weighted by atomic mass is 32.1. The lowest BCUT2D eigenvalue weighted by Crippen LogP contribution is -2.34. The summed E-state index contributed by atoms with van der Waals surface area (Å²) in [6.45, 7) is 1.64. The van der Waals surface area contributed by atoms with Gasteiger partial charge in [0.2, 0.25) is 0 Å².